The van der Waals surface area contributed by atoms with Crippen LogP contribution in [-0.2, 0) is 32.7 Å². The number of hydrogen-bond donors (Lipinski definition) is 0. The van der Waals surface area contributed by atoms with Gasteiger partial charge in [0.2, 0.25) is 0 Å². The quantitative estimate of drug-likeness (QED) is 0.203. The fourth-order valence-electron chi connectivity index (χ4n) is 7.27. The van der Waals surface area contributed by atoms with Gasteiger partial charge in [-0.1, -0.05) is 107 Å². The minimum atomic E-state index is -1.66. The van der Waals surface area contributed by atoms with E-state index in [2.05, 4.69) is 126 Å². The fourth-order valence-corrected chi connectivity index (χ4v) is 21.2. The second-order valence-electron chi connectivity index (χ2n) is 15.2. The summed E-state index contributed by atoms with van der Waals surface area (Å²) in [5, 5.41) is 0. The summed E-state index contributed by atoms with van der Waals surface area (Å²) >= 11 is 0. The first-order valence-corrected chi connectivity index (χ1v) is 24.8. The van der Waals surface area contributed by atoms with Gasteiger partial charge in [0.25, 0.3) is 0 Å². The van der Waals surface area contributed by atoms with Crippen LogP contribution in [0.25, 0.3) is 0 Å². The third kappa shape index (κ3) is 9.92. The molecule has 3 aliphatic rings. The summed E-state index contributed by atoms with van der Waals surface area (Å²) < 4.78 is 0. The zero-order valence-corrected chi connectivity index (χ0v) is 33.2. The molecule has 0 N–H and O–H groups in total. The first kappa shape index (κ1) is 36.8. The fraction of sp³-hybridized carbons (Fsp3) is 0.667. The van der Waals surface area contributed by atoms with Crippen molar-refractivity contribution in [3.63, 3.8) is 0 Å². The molecule has 3 atom stereocenters. The van der Waals surface area contributed by atoms with Crippen molar-refractivity contribution in [3.8, 4) is 0 Å². The van der Waals surface area contributed by atoms with Crippen LogP contribution >= 0.6 is 0 Å². The van der Waals surface area contributed by atoms with Crippen molar-refractivity contribution in [3.05, 3.63) is 65.6 Å². The van der Waals surface area contributed by atoms with Gasteiger partial charge in [-0.3, -0.25) is 0 Å². The van der Waals surface area contributed by atoms with Gasteiger partial charge in [-0.15, -0.1) is 16.1 Å². The van der Waals surface area contributed by atoms with Gasteiger partial charge in [-0.2, -0.15) is 0 Å². The van der Waals surface area contributed by atoms with Crippen molar-refractivity contribution < 1.29 is 32.7 Å². The van der Waals surface area contributed by atoms with Crippen molar-refractivity contribution in [1.82, 2.24) is 0 Å². The first-order chi connectivity index (χ1) is 16.3. The topological polar surface area (TPSA) is 0 Å². The van der Waals surface area contributed by atoms with Crippen LogP contribution in [0.1, 0.15) is 67.7 Å². The van der Waals surface area contributed by atoms with Crippen LogP contribution in [-0.4, -0.2) is 24.2 Å². The standard InChI is InChI=1S/C26H40Si.C7H19Si2.Y/c1-16(2)24-13-10-17(3)14-25(24)22-11-12-23(15-22)27(8,9)26-20(6)18(4)19(5)21(26)7;1-8(2,3)7-9(4,5)6;/h11-12,15-17,24-25H,10,13-14H2,1-9H3;7H,1-6H3;/q;-1;/t17-,24+,25-;;/m1../s1. The van der Waals surface area contributed by atoms with E-state index in [1.54, 1.807) is 28.8 Å². The van der Waals surface area contributed by atoms with Gasteiger partial charge in [-0.25, -0.2) is 0 Å². The Bertz CT molecular complexity index is 650. The van der Waals surface area contributed by atoms with Gasteiger partial charge in [-0.05, 0) is 96.4 Å². The van der Waals surface area contributed by atoms with E-state index in [0.717, 1.165) is 23.7 Å². The molecular weight excluding hydrogens is 570 g/mol. The van der Waals surface area contributed by atoms with Crippen LogP contribution in [0.4, 0.5) is 0 Å². The van der Waals surface area contributed by atoms with Crippen molar-refractivity contribution in [2.24, 2.45) is 23.7 Å². The average Bonchev–Trinajstić information content (AvgIpc) is 3.27. The van der Waals surface area contributed by atoms with E-state index in [0.29, 0.717) is 0 Å². The molecule has 0 bridgehead atoms. The molecule has 0 unspecified atom stereocenters. The third-order valence-electron chi connectivity index (χ3n) is 8.88. The maximum Gasteiger partial charge on any atom is 0.0626 e. The SMILES string of the molecule is C[C]1[C](C)[C](C)[C]([Si](C)(C)[C]2[CH][CH][C]([C@H]3C[C@H](C)CC[C@H]3C(C)C)[CH]2)[C]1C.C[Si](C)(C)[CH-][Si](C)(C)C.[Y]. The van der Waals surface area contributed by atoms with Gasteiger partial charge in [0, 0.05) is 32.7 Å². The van der Waals surface area contributed by atoms with E-state index in [-0.39, 0.29) is 32.7 Å². The summed E-state index contributed by atoms with van der Waals surface area (Å²) in [6.07, 6.45) is 11.8. The molecule has 0 saturated heterocycles. The normalized spacial score (nSPS) is 29.0. The predicted octanol–water partition coefficient (Wildman–Crippen LogP) is 10.2. The van der Waals surface area contributed by atoms with E-state index >= 15 is 0 Å². The molecule has 0 heterocycles. The molecule has 0 aliphatic heterocycles. The van der Waals surface area contributed by atoms with Crippen LogP contribution in [0.5, 0.6) is 0 Å². The molecule has 0 aromatic carbocycles. The molecule has 0 amide bonds. The van der Waals surface area contributed by atoms with Gasteiger partial charge in [0.05, 0.1) is 8.07 Å². The van der Waals surface area contributed by atoms with Gasteiger partial charge < -0.3 is 5.67 Å². The predicted molar refractivity (Wildman–Crippen MR) is 172 cm³/mol. The average molecular weight is 629 g/mol. The zero-order chi connectivity index (χ0) is 27.8. The second kappa shape index (κ2) is 14.3. The summed E-state index contributed by atoms with van der Waals surface area (Å²) in [6.45, 7) is 36.2. The molecule has 11 radical (unpaired) electrons. The Kier molecular flexibility index (Phi) is 14.2. The minimum absolute atomic E-state index is 0. The molecule has 3 saturated carbocycles. The molecule has 0 aromatic rings. The first-order valence-electron chi connectivity index (χ1n) is 14.6. The van der Waals surface area contributed by atoms with E-state index in [9.17, 15) is 0 Å². The maximum atomic E-state index is 2.65. The molecule has 3 aliphatic carbocycles. The van der Waals surface area contributed by atoms with Crippen LogP contribution in [0.2, 0.25) is 52.4 Å². The van der Waals surface area contributed by atoms with Crippen molar-refractivity contribution in [1.29, 1.82) is 0 Å². The Hall–Kier alpha value is 1.75. The molecule has 4 heteroatoms. The minimum Gasteiger partial charge on any atom is -0.327 e. The van der Waals surface area contributed by atoms with Crippen LogP contribution < -0.4 is 0 Å². The molecule has 0 nitrogen and oxygen atoms in total. The Balaban J connectivity index is 0.000000589. The van der Waals surface area contributed by atoms with Gasteiger partial charge in [0.15, 0.2) is 0 Å². The Morgan fingerprint density at radius 3 is 1.65 bits per heavy atom. The smallest absolute Gasteiger partial charge is 0.0626 e. The molecule has 0 aromatic heterocycles. The summed E-state index contributed by atoms with van der Waals surface area (Å²) in [6, 6.07) is 0. The molecule has 3 rings (SSSR count). The summed E-state index contributed by atoms with van der Waals surface area (Å²) in [5.74, 6) is 11.0. The maximum absolute atomic E-state index is 2.65. The summed E-state index contributed by atoms with van der Waals surface area (Å²) in [4.78, 5) is 0. The summed E-state index contributed by atoms with van der Waals surface area (Å²) in [7, 11) is -3.38. The molecule has 0 spiro atoms. The van der Waals surface area contributed by atoms with Crippen LogP contribution in [0.15, 0.2) is 0 Å². The van der Waals surface area contributed by atoms with Gasteiger partial charge in [0.1, 0.15) is 0 Å². The Morgan fingerprint density at radius 1 is 0.757 bits per heavy atom. The molecule has 3 fully saturated rings. The van der Waals surface area contributed by atoms with Crippen LogP contribution in [0, 0.1) is 89.3 Å². The summed E-state index contributed by atoms with van der Waals surface area (Å²) in [5.41, 5.74) is 5.97. The second-order valence-corrected chi connectivity index (χ2v) is 30.2. The number of hydrogen-bond acceptors (Lipinski definition) is 0. The van der Waals surface area contributed by atoms with Crippen LogP contribution in [0.3, 0.4) is 0 Å². The van der Waals surface area contributed by atoms with Crippen molar-refractivity contribution in [2.75, 3.05) is 0 Å². The molecule has 37 heavy (non-hydrogen) atoms. The van der Waals surface area contributed by atoms with Gasteiger partial charge >= 0.3 is 0 Å². The zero-order valence-electron chi connectivity index (χ0n) is 27.3. The van der Waals surface area contributed by atoms with E-state index in [4.69, 9.17) is 0 Å². The van der Waals surface area contributed by atoms with E-state index in [1.165, 1.54) is 31.1 Å². The molecular formula is C33H59Si3Y-. The van der Waals surface area contributed by atoms with Crippen molar-refractivity contribution in [2.45, 2.75) is 120 Å². The Labute approximate surface area is 264 Å². The number of rotatable bonds is 6. The third-order valence-corrected chi connectivity index (χ3v) is 19.6. The Morgan fingerprint density at radius 2 is 1.24 bits per heavy atom. The van der Waals surface area contributed by atoms with Crippen molar-refractivity contribution >= 4 is 24.2 Å². The molecule has 207 valence electrons. The monoisotopic (exact) mass is 628 g/mol. The largest absolute Gasteiger partial charge is 0.327 e. The van der Waals surface area contributed by atoms with E-state index < -0.39 is 24.2 Å². The van der Waals surface area contributed by atoms with E-state index in [1.807, 2.05) is 0 Å².